The molecule has 0 saturated carbocycles. The van der Waals surface area contributed by atoms with Crippen LogP contribution in [0.25, 0.3) is 0 Å². The van der Waals surface area contributed by atoms with Crippen LogP contribution in [0.4, 0.5) is 0 Å². The number of hydrogen-bond acceptors (Lipinski definition) is 3. The van der Waals surface area contributed by atoms with E-state index < -0.39 is 6.04 Å². The molecular formula is C12H23N3O2. The predicted molar refractivity (Wildman–Crippen MR) is 66.3 cm³/mol. The third-order valence-corrected chi connectivity index (χ3v) is 3.21. The normalized spacial score (nSPS) is 17.4. The highest BCUT2D eigenvalue weighted by molar-refractivity contribution is 5.87. The lowest BCUT2D eigenvalue weighted by Crippen LogP contribution is -2.48. The second-order valence-electron chi connectivity index (χ2n) is 5.05. The van der Waals surface area contributed by atoms with Crippen LogP contribution in [0.3, 0.4) is 0 Å². The van der Waals surface area contributed by atoms with E-state index in [0.29, 0.717) is 0 Å². The molecule has 1 aliphatic heterocycles. The van der Waals surface area contributed by atoms with Crippen LogP contribution in [0.15, 0.2) is 0 Å². The first-order valence-corrected chi connectivity index (χ1v) is 6.21. The minimum Gasteiger partial charge on any atom is -0.341 e. The SMILES string of the molecule is CC(C)C(N)C(=O)N(C)CC(=O)N1CCCC1. The highest BCUT2D eigenvalue weighted by Crippen LogP contribution is 2.08. The average molecular weight is 241 g/mol. The lowest BCUT2D eigenvalue weighted by Gasteiger charge is -2.25. The summed E-state index contributed by atoms with van der Waals surface area (Å²) in [7, 11) is 1.64. The van der Waals surface area contributed by atoms with Crippen molar-refractivity contribution in [3.63, 3.8) is 0 Å². The molecule has 0 aliphatic carbocycles. The smallest absolute Gasteiger partial charge is 0.242 e. The van der Waals surface area contributed by atoms with E-state index in [4.69, 9.17) is 5.73 Å². The Morgan fingerprint density at radius 3 is 2.29 bits per heavy atom. The Bertz CT molecular complexity index is 285. The Hall–Kier alpha value is -1.10. The monoisotopic (exact) mass is 241 g/mol. The number of amides is 2. The van der Waals surface area contributed by atoms with Crippen LogP contribution in [-0.4, -0.2) is 54.3 Å². The molecule has 1 heterocycles. The summed E-state index contributed by atoms with van der Waals surface area (Å²) in [6.07, 6.45) is 2.13. The molecule has 1 atom stereocenters. The molecule has 1 saturated heterocycles. The molecule has 1 unspecified atom stereocenters. The standard InChI is InChI=1S/C12H23N3O2/c1-9(2)11(13)12(17)14(3)8-10(16)15-6-4-5-7-15/h9,11H,4-8,13H2,1-3H3. The molecule has 0 bridgehead atoms. The number of carbonyl (C=O) groups is 2. The molecule has 2 amide bonds. The lowest BCUT2D eigenvalue weighted by molar-refractivity contribution is -0.140. The van der Waals surface area contributed by atoms with Gasteiger partial charge in [-0.2, -0.15) is 0 Å². The van der Waals surface area contributed by atoms with E-state index in [-0.39, 0.29) is 24.3 Å². The van der Waals surface area contributed by atoms with Crippen LogP contribution in [0.2, 0.25) is 0 Å². The molecule has 2 N–H and O–H groups in total. The van der Waals surface area contributed by atoms with Gasteiger partial charge in [0.05, 0.1) is 12.6 Å². The molecule has 1 aliphatic rings. The van der Waals surface area contributed by atoms with E-state index in [1.807, 2.05) is 18.7 Å². The van der Waals surface area contributed by atoms with Gasteiger partial charge in [-0.15, -0.1) is 0 Å². The van der Waals surface area contributed by atoms with Gasteiger partial charge in [-0.25, -0.2) is 0 Å². The Morgan fingerprint density at radius 1 is 1.29 bits per heavy atom. The van der Waals surface area contributed by atoms with Crippen molar-refractivity contribution in [3.05, 3.63) is 0 Å². The Balaban J connectivity index is 2.45. The molecule has 1 fully saturated rings. The minimum absolute atomic E-state index is 0.0225. The zero-order valence-electron chi connectivity index (χ0n) is 11.0. The highest BCUT2D eigenvalue weighted by Gasteiger charge is 2.25. The molecule has 5 nitrogen and oxygen atoms in total. The Morgan fingerprint density at radius 2 is 1.82 bits per heavy atom. The molecule has 0 aromatic rings. The summed E-state index contributed by atoms with van der Waals surface area (Å²) >= 11 is 0. The van der Waals surface area contributed by atoms with Crippen LogP contribution < -0.4 is 5.73 Å². The second-order valence-corrected chi connectivity index (χ2v) is 5.05. The van der Waals surface area contributed by atoms with Gasteiger partial charge in [0.15, 0.2) is 0 Å². The number of carbonyl (C=O) groups excluding carboxylic acids is 2. The number of likely N-dealkylation sites (N-methyl/N-ethyl adjacent to an activating group) is 1. The van der Waals surface area contributed by atoms with Crippen LogP contribution in [0.5, 0.6) is 0 Å². The van der Waals surface area contributed by atoms with Crippen molar-refractivity contribution in [2.75, 3.05) is 26.7 Å². The van der Waals surface area contributed by atoms with Crippen LogP contribution in [-0.2, 0) is 9.59 Å². The van der Waals surface area contributed by atoms with Gasteiger partial charge in [0.25, 0.3) is 0 Å². The van der Waals surface area contributed by atoms with E-state index in [2.05, 4.69) is 0 Å². The first-order chi connectivity index (χ1) is 7.93. The van der Waals surface area contributed by atoms with Crippen molar-refractivity contribution in [1.29, 1.82) is 0 Å². The van der Waals surface area contributed by atoms with Crippen molar-refractivity contribution >= 4 is 11.8 Å². The van der Waals surface area contributed by atoms with Crippen LogP contribution in [0, 0.1) is 5.92 Å². The van der Waals surface area contributed by atoms with E-state index in [9.17, 15) is 9.59 Å². The molecule has 5 heteroatoms. The van der Waals surface area contributed by atoms with Gasteiger partial charge in [0.2, 0.25) is 11.8 Å². The zero-order chi connectivity index (χ0) is 13.0. The van der Waals surface area contributed by atoms with Gasteiger partial charge in [0.1, 0.15) is 0 Å². The quantitative estimate of drug-likeness (QED) is 0.756. The van der Waals surface area contributed by atoms with Crippen LogP contribution in [0.1, 0.15) is 26.7 Å². The maximum Gasteiger partial charge on any atom is 0.242 e. The number of rotatable bonds is 4. The predicted octanol–water partition coefficient (Wildman–Crippen LogP) is 0.0505. The molecule has 1 rings (SSSR count). The fourth-order valence-electron chi connectivity index (χ4n) is 1.89. The summed E-state index contributed by atoms with van der Waals surface area (Å²) < 4.78 is 0. The second kappa shape index (κ2) is 6.00. The van der Waals surface area contributed by atoms with Crippen molar-refractivity contribution in [2.24, 2.45) is 11.7 Å². The third-order valence-electron chi connectivity index (χ3n) is 3.21. The molecule has 0 aromatic carbocycles. The lowest BCUT2D eigenvalue weighted by atomic mass is 10.0. The molecule has 0 spiro atoms. The fraction of sp³-hybridized carbons (Fsp3) is 0.833. The minimum atomic E-state index is -0.522. The Labute approximate surface area is 103 Å². The number of likely N-dealkylation sites (tertiary alicyclic amines) is 1. The van der Waals surface area contributed by atoms with Crippen molar-refractivity contribution in [2.45, 2.75) is 32.7 Å². The van der Waals surface area contributed by atoms with E-state index >= 15 is 0 Å². The van der Waals surface area contributed by atoms with E-state index in [0.717, 1.165) is 25.9 Å². The average Bonchev–Trinajstić information content (AvgIpc) is 2.80. The maximum absolute atomic E-state index is 11.9. The van der Waals surface area contributed by atoms with Gasteiger partial charge in [0, 0.05) is 20.1 Å². The molecule has 0 aromatic heterocycles. The van der Waals surface area contributed by atoms with E-state index in [1.165, 1.54) is 4.90 Å². The van der Waals surface area contributed by atoms with Crippen LogP contribution >= 0.6 is 0 Å². The van der Waals surface area contributed by atoms with Crippen molar-refractivity contribution < 1.29 is 9.59 Å². The summed E-state index contributed by atoms with van der Waals surface area (Å²) in [6, 6.07) is -0.522. The number of hydrogen-bond donors (Lipinski definition) is 1. The fourth-order valence-corrected chi connectivity index (χ4v) is 1.89. The third kappa shape index (κ3) is 3.70. The molecular weight excluding hydrogens is 218 g/mol. The summed E-state index contributed by atoms with van der Waals surface area (Å²) in [5.41, 5.74) is 5.77. The first-order valence-electron chi connectivity index (χ1n) is 6.21. The van der Waals surface area contributed by atoms with Gasteiger partial charge in [-0.05, 0) is 18.8 Å². The first kappa shape index (κ1) is 14.0. The zero-order valence-corrected chi connectivity index (χ0v) is 11.0. The highest BCUT2D eigenvalue weighted by atomic mass is 16.2. The molecule has 0 radical (unpaired) electrons. The van der Waals surface area contributed by atoms with Gasteiger partial charge in [-0.3, -0.25) is 9.59 Å². The van der Waals surface area contributed by atoms with Gasteiger partial charge in [-0.1, -0.05) is 13.8 Å². The Kier molecular flexibility index (Phi) is 4.93. The molecule has 98 valence electrons. The molecule has 17 heavy (non-hydrogen) atoms. The largest absolute Gasteiger partial charge is 0.341 e. The summed E-state index contributed by atoms with van der Waals surface area (Å²) in [6.45, 7) is 5.57. The topological polar surface area (TPSA) is 66.6 Å². The van der Waals surface area contributed by atoms with Gasteiger partial charge < -0.3 is 15.5 Å². The summed E-state index contributed by atoms with van der Waals surface area (Å²) in [5.74, 6) is -0.0475. The van der Waals surface area contributed by atoms with E-state index in [1.54, 1.807) is 7.05 Å². The summed E-state index contributed by atoms with van der Waals surface area (Å²) in [4.78, 5) is 27.0. The van der Waals surface area contributed by atoms with Crippen molar-refractivity contribution in [3.8, 4) is 0 Å². The maximum atomic E-state index is 11.9. The van der Waals surface area contributed by atoms with Crippen molar-refractivity contribution in [1.82, 2.24) is 9.80 Å². The number of nitrogens with two attached hydrogens (primary N) is 1. The number of nitrogens with zero attached hydrogens (tertiary/aromatic N) is 2. The summed E-state index contributed by atoms with van der Waals surface area (Å²) in [5, 5.41) is 0. The van der Waals surface area contributed by atoms with Gasteiger partial charge >= 0.3 is 0 Å².